The van der Waals surface area contributed by atoms with E-state index < -0.39 is 0 Å². The number of para-hydroxylation sites is 1. The summed E-state index contributed by atoms with van der Waals surface area (Å²) in [5.74, 6) is 0.388. The van der Waals surface area contributed by atoms with Gasteiger partial charge in [-0.15, -0.1) is 0 Å². The number of hydrogen-bond acceptors (Lipinski definition) is 4. The minimum absolute atomic E-state index is 0.0313. The Labute approximate surface area is 165 Å². The van der Waals surface area contributed by atoms with Crippen molar-refractivity contribution < 1.29 is 15.0 Å². The minimum Gasteiger partial charge on any atom is -0.508 e. The number of phenolic OH excluding ortho intramolecular Hbond substituents is 2. The molecule has 28 heavy (non-hydrogen) atoms. The van der Waals surface area contributed by atoms with Gasteiger partial charge in [0.05, 0.1) is 17.3 Å². The number of hydrogen-bond donors (Lipinski definition) is 4. The molecular formula is C23H26N2O3. The second kappa shape index (κ2) is 6.59. The molecule has 4 N–H and O–H groups in total. The van der Waals surface area contributed by atoms with Gasteiger partial charge >= 0.3 is 0 Å². The largest absolute Gasteiger partial charge is 0.508 e. The van der Waals surface area contributed by atoms with Crippen molar-refractivity contribution in [2.24, 2.45) is 5.92 Å². The lowest BCUT2D eigenvalue weighted by molar-refractivity contribution is 0.0920. The summed E-state index contributed by atoms with van der Waals surface area (Å²) in [5.41, 5.74) is 2.92. The van der Waals surface area contributed by atoms with Crippen molar-refractivity contribution in [3.05, 3.63) is 65.2 Å². The summed E-state index contributed by atoms with van der Waals surface area (Å²) < 4.78 is 0. The van der Waals surface area contributed by atoms with Gasteiger partial charge < -0.3 is 20.8 Å². The number of nitrogens with one attached hydrogen (secondary N) is 2. The number of allylic oxidation sites excluding steroid dienone is 2. The summed E-state index contributed by atoms with van der Waals surface area (Å²) >= 11 is 0. The molecule has 146 valence electrons. The Hall–Kier alpha value is -2.95. The molecular weight excluding hydrogens is 352 g/mol. The van der Waals surface area contributed by atoms with Gasteiger partial charge in [-0.05, 0) is 56.9 Å². The van der Waals surface area contributed by atoms with Crippen LogP contribution in [-0.4, -0.2) is 21.7 Å². The molecule has 0 aromatic heterocycles. The van der Waals surface area contributed by atoms with Crippen molar-refractivity contribution in [3.63, 3.8) is 0 Å². The highest BCUT2D eigenvalue weighted by molar-refractivity contribution is 6.01. The zero-order valence-corrected chi connectivity index (χ0v) is 16.4. The van der Waals surface area contributed by atoms with Crippen LogP contribution in [0.2, 0.25) is 0 Å². The summed E-state index contributed by atoms with van der Waals surface area (Å²) in [4.78, 5) is 12.9. The molecule has 2 aromatic rings. The normalized spacial score (nSPS) is 22.9. The standard InChI is InChI=1S/C23H26N2O3/c1-23(2,3)25-22(28)18-9-5-8-16-14-6-4-7-15(14)20(24-21(16)18)17-11-10-13(26)12-19(17)27/h4-6,8-12,14-15,20,24,26-27H,7H2,1-3H3,(H,25,28). The SMILES string of the molecule is CC(C)(C)NC(=O)c1cccc2c1NC(c1ccc(O)cc1O)C1CC=CC21. The van der Waals surface area contributed by atoms with Gasteiger partial charge in [-0.2, -0.15) is 0 Å². The maximum absolute atomic E-state index is 12.9. The Morgan fingerprint density at radius 3 is 2.64 bits per heavy atom. The van der Waals surface area contributed by atoms with Crippen LogP contribution in [-0.2, 0) is 0 Å². The Bertz CT molecular complexity index is 959. The molecule has 3 unspecified atom stereocenters. The average molecular weight is 378 g/mol. The number of fused-ring (bicyclic) bond motifs is 3. The molecule has 2 aliphatic rings. The van der Waals surface area contributed by atoms with Crippen molar-refractivity contribution in [2.75, 3.05) is 5.32 Å². The van der Waals surface area contributed by atoms with Gasteiger partial charge in [0.2, 0.25) is 0 Å². The molecule has 1 aliphatic carbocycles. The van der Waals surface area contributed by atoms with Crippen LogP contribution in [0.25, 0.3) is 0 Å². The lowest BCUT2D eigenvalue weighted by Crippen LogP contribution is -2.41. The monoisotopic (exact) mass is 378 g/mol. The molecule has 0 spiro atoms. The summed E-state index contributed by atoms with van der Waals surface area (Å²) in [6, 6.07) is 10.4. The molecule has 0 saturated carbocycles. The number of carbonyl (C=O) groups is 1. The van der Waals surface area contributed by atoms with Gasteiger partial charge in [0, 0.05) is 23.1 Å². The number of aromatic hydroxyl groups is 2. The van der Waals surface area contributed by atoms with E-state index in [0.717, 1.165) is 23.2 Å². The molecule has 5 heteroatoms. The smallest absolute Gasteiger partial charge is 0.253 e. The van der Waals surface area contributed by atoms with E-state index in [4.69, 9.17) is 0 Å². The predicted molar refractivity (Wildman–Crippen MR) is 110 cm³/mol. The van der Waals surface area contributed by atoms with Gasteiger partial charge in [0.15, 0.2) is 0 Å². The third-order valence-electron chi connectivity index (χ3n) is 5.48. The maximum atomic E-state index is 12.9. The Morgan fingerprint density at radius 2 is 1.93 bits per heavy atom. The number of benzene rings is 2. The molecule has 1 aliphatic heterocycles. The second-order valence-corrected chi connectivity index (χ2v) is 8.69. The molecule has 0 saturated heterocycles. The van der Waals surface area contributed by atoms with Gasteiger partial charge in [-0.25, -0.2) is 0 Å². The summed E-state index contributed by atoms with van der Waals surface area (Å²) in [7, 11) is 0. The lowest BCUT2D eigenvalue weighted by Gasteiger charge is -2.38. The molecule has 1 amide bonds. The molecule has 5 nitrogen and oxygen atoms in total. The zero-order chi connectivity index (χ0) is 20.1. The molecule has 0 fully saturated rings. The van der Waals surface area contributed by atoms with Gasteiger partial charge in [-0.3, -0.25) is 4.79 Å². The Balaban J connectivity index is 1.79. The fraction of sp³-hybridized carbons (Fsp3) is 0.348. The van der Waals surface area contributed by atoms with E-state index in [1.54, 1.807) is 12.1 Å². The fourth-order valence-electron chi connectivity index (χ4n) is 4.32. The van der Waals surface area contributed by atoms with Crippen LogP contribution < -0.4 is 10.6 Å². The molecule has 0 bridgehead atoms. The number of carbonyl (C=O) groups excluding carboxylic acids is 1. The fourth-order valence-corrected chi connectivity index (χ4v) is 4.32. The van der Waals surface area contributed by atoms with Crippen LogP contribution in [0.1, 0.15) is 60.6 Å². The maximum Gasteiger partial charge on any atom is 0.253 e. The van der Waals surface area contributed by atoms with E-state index in [9.17, 15) is 15.0 Å². The van der Waals surface area contributed by atoms with Crippen LogP contribution >= 0.6 is 0 Å². The van der Waals surface area contributed by atoms with Gasteiger partial charge in [0.25, 0.3) is 5.91 Å². The highest BCUT2D eigenvalue weighted by Gasteiger charge is 2.40. The van der Waals surface area contributed by atoms with Crippen LogP contribution in [0.3, 0.4) is 0 Å². The first-order valence-corrected chi connectivity index (χ1v) is 9.65. The van der Waals surface area contributed by atoms with Crippen LogP contribution in [0.15, 0.2) is 48.6 Å². The molecule has 2 aromatic carbocycles. The van der Waals surface area contributed by atoms with E-state index in [2.05, 4.69) is 28.9 Å². The molecule has 4 rings (SSSR count). The van der Waals surface area contributed by atoms with Crippen molar-refractivity contribution in [1.82, 2.24) is 5.32 Å². The lowest BCUT2D eigenvalue weighted by atomic mass is 9.76. The first kappa shape index (κ1) is 18.4. The van der Waals surface area contributed by atoms with E-state index in [-0.39, 0.29) is 40.8 Å². The van der Waals surface area contributed by atoms with Crippen molar-refractivity contribution >= 4 is 11.6 Å². The van der Waals surface area contributed by atoms with E-state index in [0.29, 0.717) is 5.56 Å². The number of amides is 1. The van der Waals surface area contributed by atoms with Crippen molar-refractivity contribution in [1.29, 1.82) is 0 Å². The highest BCUT2D eigenvalue weighted by atomic mass is 16.3. The van der Waals surface area contributed by atoms with E-state index in [1.807, 2.05) is 32.9 Å². The Kier molecular flexibility index (Phi) is 4.33. The van der Waals surface area contributed by atoms with Crippen molar-refractivity contribution in [3.8, 4) is 11.5 Å². The van der Waals surface area contributed by atoms with Gasteiger partial charge in [0.1, 0.15) is 11.5 Å². The highest BCUT2D eigenvalue weighted by Crippen LogP contribution is 2.52. The summed E-state index contributed by atoms with van der Waals surface area (Å²) in [6.07, 6.45) is 5.25. The Morgan fingerprint density at radius 1 is 1.14 bits per heavy atom. The second-order valence-electron chi connectivity index (χ2n) is 8.69. The third-order valence-corrected chi connectivity index (χ3v) is 5.48. The number of phenols is 2. The zero-order valence-electron chi connectivity index (χ0n) is 16.4. The van der Waals surface area contributed by atoms with Crippen LogP contribution in [0.5, 0.6) is 11.5 Å². The van der Waals surface area contributed by atoms with Crippen LogP contribution in [0.4, 0.5) is 5.69 Å². The third kappa shape index (κ3) is 3.21. The van der Waals surface area contributed by atoms with Crippen LogP contribution in [0, 0.1) is 5.92 Å². The van der Waals surface area contributed by atoms with Gasteiger partial charge in [-0.1, -0.05) is 24.3 Å². The first-order valence-electron chi connectivity index (χ1n) is 9.65. The average Bonchev–Trinajstić information content (AvgIpc) is 3.09. The topological polar surface area (TPSA) is 81.6 Å². The van der Waals surface area contributed by atoms with Crippen molar-refractivity contribution in [2.45, 2.75) is 44.7 Å². The van der Waals surface area contributed by atoms with E-state index in [1.165, 1.54) is 6.07 Å². The predicted octanol–water partition coefficient (Wildman–Crippen LogP) is 4.45. The number of rotatable bonds is 2. The summed E-state index contributed by atoms with van der Waals surface area (Å²) in [6.45, 7) is 5.88. The minimum atomic E-state index is -0.334. The molecule has 0 radical (unpaired) electrons. The quantitative estimate of drug-likeness (QED) is 0.582. The summed E-state index contributed by atoms with van der Waals surface area (Å²) in [5, 5.41) is 26.7. The van der Waals surface area contributed by atoms with E-state index >= 15 is 0 Å². The first-order chi connectivity index (χ1) is 13.2. The molecule has 1 heterocycles. The number of anilines is 1. The molecule has 3 atom stereocenters.